The van der Waals surface area contributed by atoms with E-state index >= 15 is 0 Å². The number of alkyl carbamates (subject to hydrolysis) is 1. The molecule has 1 aliphatic rings. The van der Waals surface area contributed by atoms with Crippen LogP contribution in [0, 0.1) is 0 Å². The van der Waals surface area contributed by atoms with Gasteiger partial charge in [0.1, 0.15) is 6.61 Å². The summed E-state index contributed by atoms with van der Waals surface area (Å²) in [6.45, 7) is 1.43. The number of ether oxygens (including phenoxy) is 1. The van der Waals surface area contributed by atoms with Gasteiger partial charge in [0.05, 0.1) is 12.7 Å². The Bertz CT molecular complexity index is 412. The minimum atomic E-state index is -4.93. The van der Waals surface area contributed by atoms with Crippen molar-refractivity contribution in [1.82, 2.24) is 14.9 Å². The third-order valence-electron chi connectivity index (χ3n) is 2.07. The van der Waals surface area contributed by atoms with E-state index in [4.69, 9.17) is 0 Å². The summed E-state index contributed by atoms with van der Waals surface area (Å²) in [5.74, 6) is 0. The summed E-state index contributed by atoms with van der Waals surface area (Å²) in [7, 11) is -4.93. The number of rotatable bonds is 4. The molecule has 10 heteroatoms. The Morgan fingerprint density at radius 3 is 2.76 bits per heavy atom. The fourth-order valence-corrected chi connectivity index (χ4v) is 1.98. The van der Waals surface area contributed by atoms with Crippen molar-refractivity contribution in [3.63, 3.8) is 0 Å². The van der Waals surface area contributed by atoms with E-state index in [-0.39, 0.29) is 19.6 Å². The van der Waals surface area contributed by atoms with Gasteiger partial charge >= 0.3 is 22.5 Å². The minimum Gasteiger partial charge on any atom is -0.447 e. The topological polar surface area (TPSA) is 105 Å². The van der Waals surface area contributed by atoms with Crippen LogP contribution in [-0.4, -0.2) is 44.8 Å². The second-order valence-corrected chi connectivity index (χ2v) is 4.35. The van der Waals surface area contributed by atoms with Crippen LogP contribution >= 0.6 is 0 Å². The van der Waals surface area contributed by atoms with Crippen molar-refractivity contribution in [2.75, 3.05) is 13.2 Å². The number of hydrogen-bond acceptors (Lipinski definition) is 5. The van der Waals surface area contributed by atoms with Gasteiger partial charge in [-0.3, -0.25) is 0 Å². The van der Waals surface area contributed by atoms with Crippen LogP contribution in [0.3, 0.4) is 0 Å². The molecule has 0 aromatic carbocycles. The van der Waals surface area contributed by atoms with Crippen LogP contribution in [0.2, 0.25) is 0 Å². The van der Waals surface area contributed by atoms with E-state index in [9.17, 15) is 21.9 Å². The zero-order valence-electron chi connectivity index (χ0n) is 8.97. The van der Waals surface area contributed by atoms with Gasteiger partial charge in [0, 0.05) is 0 Å². The summed E-state index contributed by atoms with van der Waals surface area (Å²) in [6, 6.07) is -0.837. The molecule has 8 nitrogen and oxygen atoms in total. The molecule has 1 heterocycles. The molecule has 0 radical (unpaired) electrons. The highest BCUT2D eigenvalue weighted by Gasteiger charge is 2.29. The predicted octanol–water partition coefficient (Wildman–Crippen LogP) is -0.312. The van der Waals surface area contributed by atoms with Crippen LogP contribution in [0.5, 0.6) is 0 Å². The molecule has 1 unspecified atom stereocenters. The third kappa shape index (κ3) is 4.15. The molecule has 3 amide bonds. The first kappa shape index (κ1) is 13.6. The number of carbonyl (C=O) groups is 2. The van der Waals surface area contributed by atoms with Gasteiger partial charge in [0.25, 0.3) is 0 Å². The predicted molar refractivity (Wildman–Crippen MR) is 53.8 cm³/mol. The van der Waals surface area contributed by atoms with Gasteiger partial charge in [-0.25, -0.2) is 14.9 Å². The molecule has 1 saturated heterocycles. The molecule has 0 bridgehead atoms. The van der Waals surface area contributed by atoms with E-state index in [0.717, 1.165) is 4.90 Å². The molecule has 2 N–H and O–H groups in total. The molecule has 98 valence electrons. The Balaban J connectivity index is 2.80. The van der Waals surface area contributed by atoms with Crippen LogP contribution in [0.1, 0.15) is 13.3 Å². The lowest BCUT2D eigenvalue weighted by Gasteiger charge is -2.27. The zero-order chi connectivity index (χ0) is 13.1. The molecule has 0 aromatic rings. The second-order valence-electron chi connectivity index (χ2n) is 3.24. The van der Waals surface area contributed by atoms with Gasteiger partial charge in [-0.05, 0) is 6.42 Å². The number of hydrogen-bond donors (Lipinski definition) is 2. The highest BCUT2D eigenvalue weighted by molar-refractivity contribution is 7.84. The Hall–Kier alpha value is -1.42. The molecule has 0 aliphatic carbocycles. The molecule has 1 atom stereocenters. The van der Waals surface area contributed by atoms with Crippen molar-refractivity contribution in [1.29, 1.82) is 0 Å². The Labute approximate surface area is 97.4 Å². The van der Waals surface area contributed by atoms with E-state index in [1.54, 1.807) is 11.6 Å². The number of amides is 3. The van der Waals surface area contributed by atoms with E-state index in [2.05, 4.69) is 4.74 Å². The van der Waals surface area contributed by atoms with Crippen molar-refractivity contribution in [2.24, 2.45) is 0 Å². The maximum absolute atomic E-state index is 12.5. The molecule has 17 heavy (non-hydrogen) atoms. The van der Waals surface area contributed by atoms with Crippen LogP contribution in [0.25, 0.3) is 0 Å². The lowest BCUT2D eigenvalue weighted by molar-refractivity contribution is 0.144. The lowest BCUT2D eigenvalue weighted by Crippen LogP contribution is -2.52. The van der Waals surface area contributed by atoms with Crippen molar-refractivity contribution in [2.45, 2.75) is 19.5 Å². The second kappa shape index (κ2) is 5.27. The number of carbonyl (C=O) groups excluding carboxylic acids is 2. The van der Waals surface area contributed by atoms with Crippen LogP contribution < -0.4 is 10.0 Å². The normalized spacial score (nSPS) is 19.3. The zero-order valence-corrected chi connectivity index (χ0v) is 9.79. The first-order valence-corrected chi connectivity index (χ1v) is 6.18. The lowest BCUT2D eigenvalue weighted by atomic mass is 10.3. The number of nitrogens with one attached hydrogen (secondary N) is 2. The number of urea groups is 1. The summed E-state index contributed by atoms with van der Waals surface area (Å²) < 4.78 is 39.6. The number of cyclic esters (lactones) is 1. The first-order valence-electron chi connectivity index (χ1n) is 4.79. The average molecular weight is 269 g/mol. The Kier molecular flexibility index (Phi) is 4.23. The van der Waals surface area contributed by atoms with Crippen LogP contribution in [0.15, 0.2) is 0 Å². The minimum absolute atomic E-state index is 0.0292. The molecule has 1 aliphatic heterocycles. The maximum atomic E-state index is 12.5. The number of imide groups is 1. The third-order valence-corrected chi connectivity index (χ3v) is 2.63. The summed E-state index contributed by atoms with van der Waals surface area (Å²) in [6.07, 6.45) is -1.85. The Morgan fingerprint density at radius 2 is 2.24 bits per heavy atom. The van der Waals surface area contributed by atoms with E-state index in [1.165, 1.54) is 0 Å². The molecular weight excluding hydrogens is 257 g/mol. The standard InChI is InChI=1S/C7H12FN3O5S/c1-2-5(10-17(8,14)15)11-3-4-16-7(13)9-6(11)12/h5,10H,2-4H2,1H3,(H,9,12,13). The van der Waals surface area contributed by atoms with Gasteiger partial charge in [-0.15, -0.1) is 0 Å². The van der Waals surface area contributed by atoms with Gasteiger partial charge in [-0.1, -0.05) is 10.8 Å². The largest absolute Gasteiger partial charge is 0.447 e. The molecule has 0 spiro atoms. The number of nitrogens with zero attached hydrogens (tertiary/aromatic N) is 1. The highest BCUT2D eigenvalue weighted by Crippen LogP contribution is 2.06. The van der Waals surface area contributed by atoms with Gasteiger partial charge < -0.3 is 9.64 Å². The molecular formula is C7H12FN3O5S. The molecule has 0 aromatic heterocycles. The first-order chi connectivity index (χ1) is 7.83. The van der Waals surface area contributed by atoms with Crippen molar-refractivity contribution < 1.29 is 26.6 Å². The monoisotopic (exact) mass is 269 g/mol. The summed E-state index contributed by atoms with van der Waals surface area (Å²) in [4.78, 5) is 23.3. The van der Waals surface area contributed by atoms with Crippen molar-refractivity contribution >= 4 is 22.5 Å². The fourth-order valence-electron chi connectivity index (χ4n) is 1.36. The molecule has 0 saturated carbocycles. The maximum Gasteiger partial charge on any atom is 0.415 e. The van der Waals surface area contributed by atoms with Crippen molar-refractivity contribution in [3.05, 3.63) is 0 Å². The Morgan fingerprint density at radius 1 is 1.59 bits per heavy atom. The fraction of sp³-hybridized carbons (Fsp3) is 0.714. The summed E-state index contributed by atoms with van der Waals surface area (Å²) in [5.41, 5.74) is 0. The molecule has 1 fully saturated rings. The smallest absolute Gasteiger partial charge is 0.415 e. The molecule has 1 rings (SSSR count). The summed E-state index contributed by atoms with van der Waals surface area (Å²) in [5, 5.41) is 1.86. The van der Waals surface area contributed by atoms with Crippen LogP contribution in [-0.2, 0) is 15.1 Å². The van der Waals surface area contributed by atoms with Gasteiger partial charge in [-0.2, -0.15) is 13.1 Å². The SMILES string of the molecule is CCC(NS(=O)(=O)F)N1CCOC(=O)NC1=O. The summed E-state index contributed by atoms with van der Waals surface area (Å²) >= 11 is 0. The van der Waals surface area contributed by atoms with Gasteiger partial charge in [0.15, 0.2) is 0 Å². The van der Waals surface area contributed by atoms with E-state index in [0.29, 0.717) is 0 Å². The van der Waals surface area contributed by atoms with E-state index < -0.39 is 28.7 Å². The quantitative estimate of drug-likeness (QED) is 0.681. The highest BCUT2D eigenvalue weighted by atomic mass is 32.3. The average Bonchev–Trinajstić information content (AvgIpc) is 2.34. The van der Waals surface area contributed by atoms with E-state index in [1.807, 2.05) is 5.32 Å². The van der Waals surface area contributed by atoms with Crippen LogP contribution in [0.4, 0.5) is 13.5 Å². The number of halogens is 1. The van der Waals surface area contributed by atoms with Crippen molar-refractivity contribution in [3.8, 4) is 0 Å². The van der Waals surface area contributed by atoms with Gasteiger partial charge in [0.2, 0.25) is 0 Å².